The molecule has 2 heteroatoms. The fourth-order valence-electron chi connectivity index (χ4n) is 4.09. The second-order valence-corrected chi connectivity index (χ2v) is 7.92. The van der Waals surface area contributed by atoms with Crippen molar-refractivity contribution in [2.45, 2.75) is 65.0 Å². The minimum absolute atomic E-state index is 0.0717. The van der Waals surface area contributed by atoms with Gasteiger partial charge in [0.2, 0.25) is 0 Å². The van der Waals surface area contributed by atoms with Gasteiger partial charge < -0.3 is 10.5 Å². The van der Waals surface area contributed by atoms with Gasteiger partial charge in [-0.2, -0.15) is 0 Å². The van der Waals surface area contributed by atoms with E-state index in [-0.39, 0.29) is 11.6 Å². The Bertz CT molecular complexity index is 518. The Hall–Kier alpha value is -1.02. The maximum absolute atomic E-state index is 6.60. The molecule has 2 N–H and O–H groups in total. The van der Waals surface area contributed by atoms with E-state index >= 15 is 0 Å². The van der Waals surface area contributed by atoms with Crippen LogP contribution in [0.4, 0.5) is 0 Å². The zero-order valence-corrected chi connectivity index (χ0v) is 13.2. The highest BCUT2D eigenvalue weighted by molar-refractivity contribution is 5.42. The fourth-order valence-corrected chi connectivity index (χ4v) is 4.09. The van der Waals surface area contributed by atoms with Gasteiger partial charge in [0.25, 0.3) is 0 Å². The monoisotopic (exact) mass is 273 g/mol. The van der Waals surface area contributed by atoms with Crippen LogP contribution in [0.15, 0.2) is 18.2 Å². The van der Waals surface area contributed by atoms with Crippen LogP contribution in [0.2, 0.25) is 0 Å². The van der Waals surface area contributed by atoms with Gasteiger partial charge in [0.1, 0.15) is 11.4 Å². The van der Waals surface area contributed by atoms with Gasteiger partial charge in [-0.15, -0.1) is 0 Å². The van der Waals surface area contributed by atoms with Crippen molar-refractivity contribution in [3.05, 3.63) is 29.3 Å². The van der Waals surface area contributed by atoms with Crippen molar-refractivity contribution in [2.24, 2.45) is 17.1 Å². The molecule has 0 radical (unpaired) electrons. The predicted octanol–water partition coefficient (Wildman–Crippen LogP) is 4.23. The van der Waals surface area contributed by atoms with Crippen LogP contribution in [0.1, 0.15) is 64.1 Å². The fraction of sp³-hybridized carbons (Fsp3) is 0.667. The molecule has 2 nitrogen and oxygen atoms in total. The summed E-state index contributed by atoms with van der Waals surface area (Å²) < 4.78 is 5.95. The number of hydrogen-bond acceptors (Lipinski definition) is 2. The van der Waals surface area contributed by atoms with Crippen molar-refractivity contribution in [3.8, 4) is 5.75 Å². The molecule has 20 heavy (non-hydrogen) atoms. The predicted molar refractivity (Wildman–Crippen MR) is 82.9 cm³/mol. The Kier molecular flexibility index (Phi) is 3.13. The number of ether oxygens (including phenoxy) is 1. The standard InChI is InChI=1S/C18H27NO/c1-17(2)9-5-6-14(17)16(19)12-7-8-15-13(10-12)11-18(3,4)20-15/h7-8,10,14,16H,5-6,9,11,19H2,1-4H3. The summed E-state index contributed by atoms with van der Waals surface area (Å²) in [7, 11) is 0. The second kappa shape index (κ2) is 4.49. The summed E-state index contributed by atoms with van der Waals surface area (Å²) in [5, 5.41) is 0. The van der Waals surface area contributed by atoms with Crippen LogP contribution < -0.4 is 10.5 Å². The van der Waals surface area contributed by atoms with Crippen LogP contribution in [-0.4, -0.2) is 5.60 Å². The van der Waals surface area contributed by atoms with Gasteiger partial charge >= 0.3 is 0 Å². The van der Waals surface area contributed by atoms with E-state index in [0.29, 0.717) is 11.3 Å². The van der Waals surface area contributed by atoms with Crippen molar-refractivity contribution < 1.29 is 4.74 Å². The first-order chi connectivity index (χ1) is 9.28. The van der Waals surface area contributed by atoms with E-state index in [1.165, 1.54) is 30.4 Å². The Labute approximate surface area is 122 Å². The molecule has 0 amide bonds. The third-order valence-electron chi connectivity index (χ3n) is 5.25. The SMILES string of the molecule is CC1(C)Cc2cc(C(N)C3CCCC3(C)C)ccc2O1. The lowest BCUT2D eigenvalue weighted by atomic mass is 9.75. The molecule has 1 aromatic rings. The summed E-state index contributed by atoms with van der Waals surface area (Å²) in [6.45, 7) is 9.02. The molecule has 1 saturated carbocycles. The molecular weight excluding hydrogens is 246 g/mol. The summed E-state index contributed by atoms with van der Waals surface area (Å²) in [6.07, 6.45) is 4.85. The van der Waals surface area contributed by atoms with E-state index in [9.17, 15) is 0 Å². The van der Waals surface area contributed by atoms with E-state index in [2.05, 4.69) is 45.9 Å². The average Bonchev–Trinajstić information content (AvgIpc) is 2.84. The smallest absolute Gasteiger partial charge is 0.123 e. The van der Waals surface area contributed by atoms with Gasteiger partial charge in [0, 0.05) is 12.5 Å². The van der Waals surface area contributed by atoms with Crippen LogP contribution >= 0.6 is 0 Å². The number of nitrogens with two attached hydrogens (primary N) is 1. The lowest BCUT2D eigenvalue weighted by molar-refractivity contribution is 0.138. The molecule has 3 rings (SSSR count). The third kappa shape index (κ3) is 2.35. The van der Waals surface area contributed by atoms with E-state index in [1.807, 2.05) is 0 Å². The molecule has 0 aromatic heterocycles. The molecule has 1 heterocycles. The van der Waals surface area contributed by atoms with Gasteiger partial charge in [-0.1, -0.05) is 32.4 Å². The average molecular weight is 273 g/mol. The molecule has 110 valence electrons. The van der Waals surface area contributed by atoms with Crippen molar-refractivity contribution in [1.82, 2.24) is 0 Å². The Balaban J connectivity index is 1.86. The largest absolute Gasteiger partial charge is 0.487 e. The number of rotatable bonds is 2. The summed E-state index contributed by atoms with van der Waals surface area (Å²) in [5.41, 5.74) is 9.49. The normalized spacial score (nSPS) is 27.9. The Morgan fingerprint density at radius 1 is 1.25 bits per heavy atom. The molecule has 2 aliphatic rings. The van der Waals surface area contributed by atoms with Crippen LogP contribution in [0.5, 0.6) is 5.75 Å². The van der Waals surface area contributed by atoms with Gasteiger partial charge in [-0.05, 0) is 55.2 Å². The summed E-state index contributed by atoms with van der Waals surface area (Å²) in [6, 6.07) is 6.71. The molecule has 0 spiro atoms. The molecule has 0 saturated heterocycles. The quantitative estimate of drug-likeness (QED) is 0.875. The maximum Gasteiger partial charge on any atom is 0.123 e. The van der Waals surface area contributed by atoms with Crippen LogP contribution in [0, 0.1) is 11.3 Å². The summed E-state index contributed by atoms with van der Waals surface area (Å²) >= 11 is 0. The molecular formula is C18H27NO. The molecule has 1 fully saturated rings. The molecule has 1 aliphatic carbocycles. The number of benzene rings is 1. The lowest BCUT2D eigenvalue weighted by Gasteiger charge is -2.32. The van der Waals surface area contributed by atoms with Crippen molar-refractivity contribution >= 4 is 0 Å². The van der Waals surface area contributed by atoms with E-state index in [4.69, 9.17) is 10.5 Å². The number of hydrogen-bond donors (Lipinski definition) is 1. The molecule has 1 aromatic carbocycles. The van der Waals surface area contributed by atoms with Gasteiger partial charge in [-0.3, -0.25) is 0 Å². The third-order valence-corrected chi connectivity index (χ3v) is 5.25. The minimum Gasteiger partial charge on any atom is -0.487 e. The first kappa shape index (κ1) is 13.9. The molecule has 2 atom stereocenters. The van der Waals surface area contributed by atoms with E-state index in [0.717, 1.165) is 12.2 Å². The van der Waals surface area contributed by atoms with Gasteiger partial charge in [0.15, 0.2) is 0 Å². The molecule has 1 aliphatic heterocycles. The second-order valence-electron chi connectivity index (χ2n) is 7.92. The summed E-state index contributed by atoms with van der Waals surface area (Å²) in [4.78, 5) is 0. The molecule has 2 unspecified atom stereocenters. The zero-order valence-electron chi connectivity index (χ0n) is 13.2. The van der Waals surface area contributed by atoms with Gasteiger partial charge in [0.05, 0.1) is 0 Å². The van der Waals surface area contributed by atoms with Crippen molar-refractivity contribution in [1.29, 1.82) is 0 Å². The van der Waals surface area contributed by atoms with Crippen molar-refractivity contribution in [3.63, 3.8) is 0 Å². The highest BCUT2D eigenvalue weighted by atomic mass is 16.5. The maximum atomic E-state index is 6.60. The van der Waals surface area contributed by atoms with E-state index < -0.39 is 0 Å². The minimum atomic E-state index is -0.0717. The Morgan fingerprint density at radius 2 is 2.00 bits per heavy atom. The number of fused-ring (bicyclic) bond motifs is 1. The lowest BCUT2D eigenvalue weighted by Crippen LogP contribution is -2.29. The first-order valence-corrected chi connectivity index (χ1v) is 7.86. The van der Waals surface area contributed by atoms with E-state index in [1.54, 1.807) is 0 Å². The van der Waals surface area contributed by atoms with Crippen LogP contribution in [-0.2, 0) is 6.42 Å². The van der Waals surface area contributed by atoms with Crippen LogP contribution in [0.3, 0.4) is 0 Å². The highest BCUT2D eigenvalue weighted by Gasteiger charge is 2.39. The zero-order chi connectivity index (χ0) is 14.5. The molecule has 0 bridgehead atoms. The summed E-state index contributed by atoms with van der Waals surface area (Å²) in [5.74, 6) is 1.63. The topological polar surface area (TPSA) is 35.2 Å². The Morgan fingerprint density at radius 3 is 2.65 bits per heavy atom. The first-order valence-electron chi connectivity index (χ1n) is 7.86. The van der Waals surface area contributed by atoms with Crippen LogP contribution in [0.25, 0.3) is 0 Å². The van der Waals surface area contributed by atoms with Gasteiger partial charge in [-0.25, -0.2) is 0 Å². The van der Waals surface area contributed by atoms with Crippen molar-refractivity contribution in [2.75, 3.05) is 0 Å². The highest BCUT2D eigenvalue weighted by Crippen LogP contribution is 2.48.